The van der Waals surface area contributed by atoms with Crippen molar-refractivity contribution in [2.75, 3.05) is 32.7 Å². The van der Waals surface area contributed by atoms with Crippen molar-refractivity contribution in [1.29, 1.82) is 0 Å². The lowest BCUT2D eigenvalue weighted by atomic mass is 9.98. The molecule has 0 aliphatic carbocycles. The molecule has 2 aromatic carbocycles. The number of carbonyl (C=O) groups excluding carboxylic acids is 1. The van der Waals surface area contributed by atoms with Crippen molar-refractivity contribution < 1.29 is 4.79 Å². The molecule has 2 N–H and O–H groups in total. The molecule has 2 saturated heterocycles. The van der Waals surface area contributed by atoms with E-state index in [9.17, 15) is 4.79 Å². The number of thiophene rings is 1. The van der Waals surface area contributed by atoms with E-state index in [1.54, 1.807) is 11.3 Å². The highest BCUT2D eigenvalue weighted by Gasteiger charge is 2.16. The first-order valence-electron chi connectivity index (χ1n) is 12.1. The Labute approximate surface area is 195 Å². The number of nitrogens with one attached hydrogen (secondary N) is 2. The van der Waals surface area contributed by atoms with E-state index < -0.39 is 0 Å². The third kappa shape index (κ3) is 5.22. The summed E-state index contributed by atoms with van der Waals surface area (Å²) in [6.45, 7) is 6.41. The number of benzene rings is 2. The van der Waals surface area contributed by atoms with E-state index in [4.69, 9.17) is 0 Å². The number of fused-ring (bicyclic) bond motifs is 1. The van der Waals surface area contributed by atoms with Crippen LogP contribution in [-0.4, -0.2) is 43.5 Å². The molecule has 5 heteroatoms. The molecule has 5 rings (SSSR count). The molecule has 2 fully saturated rings. The van der Waals surface area contributed by atoms with Gasteiger partial charge in [0.15, 0.2) is 0 Å². The molecular formula is C27H33N3OS. The first kappa shape index (κ1) is 21.6. The molecule has 2 aliphatic heterocycles. The van der Waals surface area contributed by atoms with Gasteiger partial charge in [-0.15, -0.1) is 11.3 Å². The Morgan fingerprint density at radius 1 is 0.969 bits per heavy atom. The third-order valence-electron chi connectivity index (χ3n) is 6.90. The van der Waals surface area contributed by atoms with Crippen LogP contribution >= 0.6 is 11.3 Å². The van der Waals surface area contributed by atoms with Gasteiger partial charge >= 0.3 is 0 Å². The Morgan fingerprint density at radius 3 is 2.50 bits per heavy atom. The van der Waals surface area contributed by atoms with Gasteiger partial charge in [-0.25, -0.2) is 0 Å². The summed E-state index contributed by atoms with van der Waals surface area (Å²) >= 11 is 1.60. The van der Waals surface area contributed by atoms with Gasteiger partial charge in [-0.2, -0.15) is 0 Å². The van der Waals surface area contributed by atoms with Crippen LogP contribution in [0.25, 0.3) is 21.2 Å². The van der Waals surface area contributed by atoms with Crippen LogP contribution in [0, 0.1) is 5.92 Å². The first-order chi connectivity index (χ1) is 15.7. The first-order valence-corrected chi connectivity index (χ1v) is 12.9. The van der Waals surface area contributed by atoms with Gasteiger partial charge in [0.1, 0.15) is 0 Å². The molecule has 0 spiro atoms. The van der Waals surface area contributed by atoms with Gasteiger partial charge in [0.25, 0.3) is 5.91 Å². The summed E-state index contributed by atoms with van der Waals surface area (Å²) in [6.07, 6.45) is 6.33. The smallest absolute Gasteiger partial charge is 0.261 e. The standard InChI is InChI=1S/C27H33N3OS/c31-27(29-18-20-10-12-28-13-11-20)26-17-24-9-8-23(16-25(24)32-26)22-6-4-21(5-7-22)19-30-14-2-1-3-15-30/h4-9,16-17,20,28H,1-3,10-15,18-19H2,(H,29,31). The molecule has 4 nitrogen and oxygen atoms in total. The Balaban J connectivity index is 1.24. The van der Waals surface area contributed by atoms with E-state index in [0.29, 0.717) is 5.92 Å². The Morgan fingerprint density at radius 2 is 1.72 bits per heavy atom. The zero-order valence-corrected chi connectivity index (χ0v) is 19.6. The van der Waals surface area contributed by atoms with Crippen LogP contribution in [0.15, 0.2) is 48.5 Å². The second-order valence-electron chi connectivity index (χ2n) is 9.30. The summed E-state index contributed by atoms with van der Waals surface area (Å²) in [4.78, 5) is 16.1. The van der Waals surface area contributed by atoms with Crippen LogP contribution in [-0.2, 0) is 6.54 Å². The quantitative estimate of drug-likeness (QED) is 0.540. The average Bonchev–Trinajstić information content (AvgIpc) is 3.28. The summed E-state index contributed by atoms with van der Waals surface area (Å²) in [6, 6.07) is 17.6. The number of piperidine rings is 2. The van der Waals surface area contributed by atoms with E-state index in [2.05, 4.69) is 58.0 Å². The molecule has 0 unspecified atom stereocenters. The Kier molecular flexibility index (Phi) is 6.86. The SMILES string of the molecule is O=C(NCC1CCNCC1)c1cc2ccc(-c3ccc(CN4CCCCC4)cc3)cc2s1. The fourth-order valence-corrected chi connectivity index (χ4v) is 5.93. The highest BCUT2D eigenvalue weighted by molar-refractivity contribution is 7.20. The lowest BCUT2D eigenvalue weighted by molar-refractivity contribution is 0.0948. The fraction of sp³-hybridized carbons (Fsp3) is 0.444. The lowest BCUT2D eigenvalue weighted by Gasteiger charge is -2.26. The summed E-state index contributed by atoms with van der Waals surface area (Å²) in [7, 11) is 0. The topological polar surface area (TPSA) is 44.4 Å². The zero-order chi connectivity index (χ0) is 21.8. The molecule has 0 atom stereocenters. The minimum Gasteiger partial charge on any atom is -0.351 e. The van der Waals surface area contributed by atoms with Crippen LogP contribution in [0.1, 0.15) is 47.3 Å². The molecule has 0 bridgehead atoms. The van der Waals surface area contributed by atoms with E-state index in [-0.39, 0.29) is 5.91 Å². The summed E-state index contributed by atoms with van der Waals surface area (Å²) in [5, 5.41) is 7.68. The minimum atomic E-state index is 0.0633. The Hall–Kier alpha value is -2.21. The molecule has 0 radical (unpaired) electrons. The summed E-state index contributed by atoms with van der Waals surface area (Å²) in [5.74, 6) is 0.660. The number of likely N-dealkylation sites (tertiary alicyclic amines) is 1. The maximum atomic E-state index is 12.7. The van der Waals surface area contributed by atoms with E-state index in [1.807, 2.05) is 6.07 Å². The van der Waals surface area contributed by atoms with Gasteiger partial charge in [0.2, 0.25) is 0 Å². The third-order valence-corrected chi connectivity index (χ3v) is 7.99. The second-order valence-corrected chi connectivity index (χ2v) is 10.4. The largest absolute Gasteiger partial charge is 0.351 e. The van der Waals surface area contributed by atoms with Gasteiger partial charge in [-0.1, -0.05) is 42.8 Å². The van der Waals surface area contributed by atoms with Crippen LogP contribution in [0.2, 0.25) is 0 Å². The fourth-order valence-electron chi connectivity index (χ4n) is 4.91. The van der Waals surface area contributed by atoms with Gasteiger partial charge in [0.05, 0.1) is 4.88 Å². The molecule has 2 aliphatic rings. The normalized spacial score (nSPS) is 18.1. The highest BCUT2D eigenvalue weighted by Crippen LogP contribution is 2.31. The van der Waals surface area contributed by atoms with Crippen molar-refractivity contribution >= 4 is 27.3 Å². The lowest BCUT2D eigenvalue weighted by Crippen LogP contribution is -2.35. The monoisotopic (exact) mass is 447 g/mol. The second kappa shape index (κ2) is 10.2. The maximum Gasteiger partial charge on any atom is 0.261 e. The molecule has 0 saturated carbocycles. The number of hydrogen-bond donors (Lipinski definition) is 2. The van der Waals surface area contributed by atoms with E-state index >= 15 is 0 Å². The van der Waals surface area contributed by atoms with Gasteiger partial charge < -0.3 is 10.6 Å². The Bertz CT molecular complexity index is 1050. The zero-order valence-electron chi connectivity index (χ0n) is 18.7. The van der Waals surface area contributed by atoms with Crippen LogP contribution in [0.4, 0.5) is 0 Å². The molecular weight excluding hydrogens is 414 g/mol. The molecule has 3 aromatic rings. The molecule has 1 amide bonds. The average molecular weight is 448 g/mol. The van der Waals surface area contributed by atoms with E-state index in [0.717, 1.165) is 49.3 Å². The number of hydrogen-bond acceptors (Lipinski definition) is 4. The van der Waals surface area contributed by atoms with Crippen molar-refractivity contribution in [2.24, 2.45) is 5.92 Å². The van der Waals surface area contributed by atoms with Crippen molar-refractivity contribution in [3.8, 4) is 11.1 Å². The predicted molar refractivity (Wildman–Crippen MR) is 134 cm³/mol. The van der Waals surface area contributed by atoms with Crippen molar-refractivity contribution in [1.82, 2.24) is 15.5 Å². The van der Waals surface area contributed by atoms with Crippen molar-refractivity contribution in [3.05, 3.63) is 59.0 Å². The minimum absolute atomic E-state index is 0.0633. The van der Waals surface area contributed by atoms with Crippen LogP contribution in [0.3, 0.4) is 0 Å². The number of nitrogens with zero attached hydrogens (tertiary/aromatic N) is 1. The number of amides is 1. The van der Waals surface area contributed by atoms with Gasteiger partial charge in [-0.05, 0) is 92.0 Å². The van der Waals surface area contributed by atoms with Gasteiger partial charge in [-0.3, -0.25) is 9.69 Å². The number of rotatable bonds is 6. The molecule has 1 aromatic heterocycles. The van der Waals surface area contributed by atoms with Crippen molar-refractivity contribution in [2.45, 2.75) is 38.6 Å². The molecule has 3 heterocycles. The van der Waals surface area contributed by atoms with E-state index in [1.165, 1.54) is 53.7 Å². The number of carbonyl (C=O) groups is 1. The van der Waals surface area contributed by atoms with Crippen LogP contribution in [0.5, 0.6) is 0 Å². The predicted octanol–water partition coefficient (Wildman–Crippen LogP) is 5.28. The molecule has 32 heavy (non-hydrogen) atoms. The van der Waals surface area contributed by atoms with Crippen molar-refractivity contribution in [3.63, 3.8) is 0 Å². The molecule has 168 valence electrons. The summed E-state index contributed by atoms with van der Waals surface area (Å²) < 4.78 is 1.17. The maximum absolute atomic E-state index is 12.7. The van der Waals surface area contributed by atoms with Crippen LogP contribution < -0.4 is 10.6 Å². The summed E-state index contributed by atoms with van der Waals surface area (Å²) in [5.41, 5.74) is 3.84. The van der Waals surface area contributed by atoms with Gasteiger partial charge in [0, 0.05) is 17.8 Å². The highest BCUT2D eigenvalue weighted by atomic mass is 32.1.